The van der Waals surface area contributed by atoms with Gasteiger partial charge in [0.2, 0.25) is 5.91 Å². The molecule has 8 heteroatoms. The molecule has 0 bridgehead atoms. The highest BCUT2D eigenvalue weighted by molar-refractivity contribution is 6.32. The molecule has 0 spiro atoms. The van der Waals surface area contributed by atoms with Gasteiger partial charge in [0, 0.05) is 37.8 Å². The summed E-state index contributed by atoms with van der Waals surface area (Å²) in [7, 11) is 0. The number of carbonyl (C=O) groups is 1. The first-order valence-electron chi connectivity index (χ1n) is 9.79. The molecule has 30 heavy (non-hydrogen) atoms. The van der Waals surface area contributed by atoms with Gasteiger partial charge in [-0.25, -0.2) is 9.02 Å². The zero-order chi connectivity index (χ0) is 21.3. The molecule has 2 atom stereocenters. The number of rotatable bonds is 4. The molecule has 1 aliphatic heterocycles. The van der Waals surface area contributed by atoms with Crippen LogP contribution in [0.15, 0.2) is 47.1 Å². The van der Waals surface area contributed by atoms with Crippen LogP contribution >= 0.6 is 11.6 Å². The number of amides is 1. The Balaban J connectivity index is 1.42. The van der Waals surface area contributed by atoms with Gasteiger partial charge < -0.3 is 4.90 Å². The molecular weight excluding hydrogens is 407 g/mol. The highest BCUT2D eigenvalue weighted by Gasteiger charge is 2.31. The van der Waals surface area contributed by atoms with E-state index in [2.05, 4.69) is 22.1 Å². The fraction of sp³-hybridized carbons (Fsp3) is 0.318. The van der Waals surface area contributed by atoms with E-state index in [0.29, 0.717) is 28.2 Å². The van der Waals surface area contributed by atoms with Gasteiger partial charge in [-0.15, -0.1) is 0 Å². The third kappa shape index (κ3) is 4.37. The summed E-state index contributed by atoms with van der Waals surface area (Å²) in [4.78, 5) is 17.0. The van der Waals surface area contributed by atoms with Crippen LogP contribution in [-0.2, 0) is 11.3 Å². The van der Waals surface area contributed by atoms with E-state index in [0.717, 1.165) is 18.7 Å². The number of aromatic nitrogens is 2. The predicted octanol–water partition coefficient (Wildman–Crippen LogP) is 4.15. The third-order valence-electron chi connectivity index (χ3n) is 5.47. The van der Waals surface area contributed by atoms with Crippen molar-refractivity contribution in [3.05, 3.63) is 64.4 Å². The Morgan fingerprint density at radius 1 is 1.17 bits per heavy atom. The summed E-state index contributed by atoms with van der Waals surface area (Å²) in [6.07, 6.45) is 3.24. The summed E-state index contributed by atoms with van der Waals surface area (Å²) in [5, 5.41) is 8.04. The van der Waals surface area contributed by atoms with Gasteiger partial charge in [-0.3, -0.25) is 9.69 Å². The minimum absolute atomic E-state index is 0.0523. The van der Waals surface area contributed by atoms with Gasteiger partial charge in [-0.2, -0.15) is 0 Å². The number of fused-ring (bicyclic) bond motifs is 1. The monoisotopic (exact) mass is 428 g/mol. The molecular formula is C22H22ClFN4O2. The van der Waals surface area contributed by atoms with Gasteiger partial charge in [0.1, 0.15) is 16.9 Å². The maximum absolute atomic E-state index is 13.1. The van der Waals surface area contributed by atoms with Crippen molar-refractivity contribution in [3.8, 4) is 0 Å². The van der Waals surface area contributed by atoms with Crippen LogP contribution < -0.4 is 0 Å². The average Bonchev–Trinajstić information content (AvgIpc) is 3.17. The second kappa shape index (κ2) is 8.53. The number of hydrogen-bond acceptors (Lipinski definition) is 5. The number of benzene rings is 2. The fourth-order valence-electron chi connectivity index (χ4n) is 3.76. The Bertz CT molecular complexity index is 1080. The van der Waals surface area contributed by atoms with E-state index in [-0.39, 0.29) is 23.8 Å². The Morgan fingerprint density at radius 2 is 1.87 bits per heavy atom. The highest BCUT2D eigenvalue weighted by Crippen LogP contribution is 2.24. The van der Waals surface area contributed by atoms with Crippen LogP contribution in [0.3, 0.4) is 0 Å². The lowest BCUT2D eigenvalue weighted by molar-refractivity contribution is -0.131. The summed E-state index contributed by atoms with van der Waals surface area (Å²) in [5.74, 6) is -0.299. The van der Waals surface area contributed by atoms with Crippen molar-refractivity contribution < 1.29 is 13.8 Å². The summed E-state index contributed by atoms with van der Waals surface area (Å²) in [6.45, 7) is 6.23. The molecule has 6 nitrogen and oxygen atoms in total. The molecule has 1 fully saturated rings. The molecule has 1 aromatic heterocycles. The molecule has 156 valence electrons. The lowest BCUT2D eigenvalue weighted by Crippen LogP contribution is -2.57. The first-order valence-corrected chi connectivity index (χ1v) is 10.2. The maximum Gasteiger partial charge on any atom is 0.246 e. The first kappa shape index (κ1) is 20.5. The van der Waals surface area contributed by atoms with Crippen LogP contribution in [0.25, 0.3) is 17.1 Å². The van der Waals surface area contributed by atoms with Crippen molar-refractivity contribution in [3.63, 3.8) is 0 Å². The molecule has 1 amide bonds. The van der Waals surface area contributed by atoms with Crippen molar-refractivity contribution in [1.29, 1.82) is 0 Å². The molecule has 0 saturated carbocycles. The van der Waals surface area contributed by atoms with E-state index in [1.807, 2.05) is 11.8 Å². The number of hydrogen-bond donors (Lipinski definition) is 0. The van der Waals surface area contributed by atoms with E-state index in [9.17, 15) is 9.18 Å². The zero-order valence-corrected chi connectivity index (χ0v) is 17.5. The van der Waals surface area contributed by atoms with Gasteiger partial charge >= 0.3 is 0 Å². The smallest absolute Gasteiger partial charge is 0.246 e. The topological polar surface area (TPSA) is 62.5 Å². The van der Waals surface area contributed by atoms with E-state index in [1.54, 1.807) is 36.4 Å². The number of halogens is 2. The van der Waals surface area contributed by atoms with Gasteiger partial charge in [0.05, 0.1) is 5.02 Å². The lowest BCUT2D eigenvalue weighted by atomic mass is 10.1. The van der Waals surface area contributed by atoms with Crippen LogP contribution in [0.1, 0.15) is 25.0 Å². The highest BCUT2D eigenvalue weighted by atomic mass is 35.5. The second-order valence-corrected chi connectivity index (χ2v) is 8.11. The van der Waals surface area contributed by atoms with Crippen molar-refractivity contribution in [2.45, 2.75) is 32.5 Å². The first-order chi connectivity index (χ1) is 14.4. The molecule has 1 aliphatic rings. The Morgan fingerprint density at radius 3 is 2.60 bits per heavy atom. The molecule has 0 aliphatic carbocycles. The SMILES string of the molecule is C[C@@H]1CN(C(=O)C=Cc2cc3nonc3cc2Cl)[C@@H](C)CN1Cc1ccc(F)cc1. The van der Waals surface area contributed by atoms with Crippen molar-refractivity contribution in [1.82, 2.24) is 20.1 Å². The minimum atomic E-state index is -0.235. The Kier molecular flexibility index (Phi) is 5.83. The molecule has 1 saturated heterocycles. The number of piperazine rings is 1. The van der Waals surface area contributed by atoms with E-state index in [1.165, 1.54) is 12.1 Å². The largest absolute Gasteiger partial charge is 0.334 e. The van der Waals surface area contributed by atoms with Crippen LogP contribution in [0.2, 0.25) is 5.02 Å². The Labute approximate surface area is 178 Å². The second-order valence-electron chi connectivity index (χ2n) is 7.70. The number of nitrogens with zero attached hydrogens (tertiary/aromatic N) is 4. The third-order valence-corrected chi connectivity index (χ3v) is 5.80. The van der Waals surface area contributed by atoms with Crippen molar-refractivity contribution in [2.75, 3.05) is 13.1 Å². The van der Waals surface area contributed by atoms with Gasteiger partial charge in [0.25, 0.3) is 0 Å². The summed E-state index contributed by atoms with van der Waals surface area (Å²) >= 11 is 6.27. The molecule has 4 rings (SSSR count). The average molecular weight is 429 g/mol. The van der Waals surface area contributed by atoms with Crippen LogP contribution in [0.4, 0.5) is 4.39 Å². The molecule has 0 unspecified atom stereocenters. The maximum atomic E-state index is 13.1. The van der Waals surface area contributed by atoms with Crippen LogP contribution in [-0.4, -0.2) is 51.2 Å². The standard InChI is InChI=1S/C22H22ClFN4O2/c1-14-12-28(15(2)11-27(14)13-16-3-6-18(24)7-4-16)22(29)8-5-17-9-20-21(10-19(17)23)26-30-25-20/h3-10,14-15H,11-13H2,1-2H3/t14-,15+/m1/s1. The Hall–Kier alpha value is -2.77. The normalized spacial score (nSPS) is 20.3. The summed E-state index contributed by atoms with van der Waals surface area (Å²) in [6, 6.07) is 10.2. The molecule has 2 heterocycles. The predicted molar refractivity (Wildman–Crippen MR) is 113 cm³/mol. The van der Waals surface area contributed by atoms with E-state index in [4.69, 9.17) is 16.2 Å². The molecule has 0 N–H and O–H groups in total. The number of carbonyl (C=O) groups excluding carboxylic acids is 1. The summed E-state index contributed by atoms with van der Waals surface area (Å²) < 4.78 is 17.8. The van der Waals surface area contributed by atoms with Crippen LogP contribution in [0.5, 0.6) is 0 Å². The van der Waals surface area contributed by atoms with Crippen molar-refractivity contribution >= 4 is 34.6 Å². The van der Waals surface area contributed by atoms with Crippen molar-refractivity contribution in [2.24, 2.45) is 0 Å². The van der Waals surface area contributed by atoms with Gasteiger partial charge in [-0.05, 0) is 65.6 Å². The van der Waals surface area contributed by atoms with E-state index < -0.39 is 0 Å². The molecule has 0 radical (unpaired) electrons. The summed E-state index contributed by atoms with van der Waals surface area (Å²) in [5.41, 5.74) is 2.90. The van der Waals surface area contributed by atoms with Gasteiger partial charge in [0.15, 0.2) is 0 Å². The fourth-order valence-corrected chi connectivity index (χ4v) is 3.98. The molecule has 2 aromatic carbocycles. The molecule has 3 aromatic rings. The van der Waals surface area contributed by atoms with Gasteiger partial charge in [-0.1, -0.05) is 23.7 Å². The van der Waals surface area contributed by atoms with Crippen LogP contribution in [0, 0.1) is 5.82 Å². The zero-order valence-electron chi connectivity index (χ0n) is 16.8. The quantitative estimate of drug-likeness (QED) is 0.584. The van der Waals surface area contributed by atoms with E-state index >= 15 is 0 Å². The lowest BCUT2D eigenvalue weighted by Gasteiger charge is -2.44. The minimum Gasteiger partial charge on any atom is -0.334 e.